The van der Waals surface area contributed by atoms with Crippen LogP contribution in [-0.4, -0.2) is 32.7 Å². The third kappa shape index (κ3) is 3.44. The minimum absolute atomic E-state index is 0.0623. The molecular formula is C23H24N2O3. The molecular weight excluding hydrogens is 352 g/mol. The SMILES string of the molecule is O=C(CCc1ccccc1)C1=C(O)C(=O)N(C2CCCC2)C1c1ccncc1. The van der Waals surface area contributed by atoms with E-state index in [1.54, 1.807) is 17.3 Å². The first kappa shape index (κ1) is 18.4. The van der Waals surface area contributed by atoms with Crippen LogP contribution < -0.4 is 0 Å². The van der Waals surface area contributed by atoms with E-state index < -0.39 is 11.9 Å². The van der Waals surface area contributed by atoms with Crippen LogP contribution in [0, 0.1) is 0 Å². The number of aryl methyl sites for hydroxylation is 1. The summed E-state index contributed by atoms with van der Waals surface area (Å²) in [6.45, 7) is 0. The molecule has 1 aliphatic carbocycles. The zero-order chi connectivity index (χ0) is 19.5. The summed E-state index contributed by atoms with van der Waals surface area (Å²) >= 11 is 0. The van der Waals surface area contributed by atoms with Gasteiger partial charge in [-0.3, -0.25) is 14.6 Å². The van der Waals surface area contributed by atoms with Crippen LogP contribution in [0.1, 0.15) is 49.3 Å². The number of Topliss-reactive ketones (excluding diaryl/α,β-unsaturated/α-hetero) is 1. The van der Waals surface area contributed by atoms with Gasteiger partial charge in [0.15, 0.2) is 11.5 Å². The highest BCUT2D eigenvalue weighted by molar-refractivity contribution is 6.09. The summed E-state index contributed by atoms with van der Waals surface area (Å²) in [6.07, 6.45) is 8.11. The number of amides is 1. The second kappa shape index (κ2) is 7.97. The highest BCUT2D eigenvalue weighted by Crippen LogP contribution is 2.42. The van der Waals surface area contributed by atoms with Gasteiger partial charge in [-0.05, 0) is 42.5 Å². The number of aliphatic hydroxyl groups excluding tert-OH is 1. The van der Waals surface area contributed by atoms with Crippen LogP contribution in [0.5, 0.6) is 0 Å². The largest absolute Gasteiger partial charge is 0.503 e. The Morgan fingerprint density at radius 3 is 2.43 bits per heavy atom. The van der Waals surface area contributed by atoms with Gasteiger partial charge in [0, 0.05) is 24.9 Å². The number of pyridine rings is 1. The Labute approximate surface area is 164 Å². The van der Waals surface area contributed by atoms with E-state index in [4.69, 9.17) is 0 Å². The molecule has 2 heterocycles. The van der Waals surface area contributed by atoms with Gasteiger partial charge >= 0.3 is 0 Å². The maximum atomic E-state index is 13.1. The number of hydrogen-bond donors (Lipinski definition) is 1. The Morgan fingerprint density at radius 2 is 1.75 bits per heavy atom. The van der Waals surface area contributed by atoms with E-state index in [0.717, 1.165) is 36.8 Å². The van der Waals surface area contributed by atoms with E-state index >= 15 is 0 Å². The molecule has 1 unspecified atom stereocenters. The molecule has 2 aromatic rings. The molecule has 1 aliphatic heterocycles. The molecule has 1 saturated carbocycles. The number of carbonyl (C=O) groups excluding carboxylic acids is 2. The van der Waals surface area contributed by atoms with Crippen molar-refractivity contribution < 1.29 is 14.7 Å². The zero-order valence-corrected chi connectivity index (χ0v) is 15.8. The molecule has 0 radical (unpaired) electrons. The van der Waals surface area contributed by atoms with Crippen molar-refractivity contribution in [3.05, 3.63) is 77.3 Å². The average molecular weight is 376 g/mol. The van der Waals surface area contributed by atoms with Crippen LogP contribution in [0.4, 0.5) is 0 Å². The van der Waals surface area contributed by atoms with Gasteiger partial charge < -0.3 is 10.0 Å². The van der Waals surface area contributed by atoms with Gasteiger partial charge in [0.05, 0.1) is 11.6 Å². The second-order valence-corrected chi connectivity index (χ2v) is 7.50. The van der Waals surface area contributed by atoms with E-state index in [-0.39, 0.29) is 29.6 Å². The summed E-state index contributed by atoms with van der Waals surface area (Å²) in [5.41, 5.74) is 2.12. The number of carbonyl (C=O) groups is 2. The fourth-order valence-electron chi connectivity index (χ4n) is 4.38. The monoisotopic (exact) mass is 376 g/mol. The summed E-state index contributed by atoms with van der Waals surface area (Å²) in [5, 5.41) is 10.6. The van der Waals surface area contributed by atoms with Gasteiger partial charge in [-0.15, -0.1) is 0 Å². The second-order valence-electron chi connectivity index (χ2n) is 7.50. The molecule has 4 rings (SSSR count). The molecule has 2 aliphatic rings. The molecule has 1 aromatic carbocycles. The highest BCUT2D eigenvalue weighted by atomic mass is 16.3. The van der Waals surface area contributed by atoms with Crippen molar-refractivity contribution in [2.75, 3.05) is 0 Å². The summed E-state index contributed by atoms with van der Waals surface area (Å²) in [6, 6.07) is 13.0. The normalized spacial score (nSPS) is 20.2. The van der Waals surface area contributed by atoms with E-state index in [1.165, 1.54) is 0 Å². The third-order valence-electron chi connectivity index (χ3n) is 5.77. The van der Waals surface area contributed by atoms with Crippen molar-refractivity contribution >= 4 is 11.7 Å². The number of hydrogen-bond acceptors (Lipinski definition) is 4. The lowest BCUT2D eigenvalue weighted by Gasteiger charge is -2.32. The first-order valence-electron chi connectivity index (χ1n) is 9.89. The lowest BCUT2D eigenvalue weighted by molar-refractivity contribution is -0.131. The van der Waals surface area contributed by atoms with Gasteiger partial charge in [0.2, 0.25) is 0 Å². The van der Waals surface area contributed by atoms with Gasteiger partial charge in [-0.25, -0.2) is 0 Å². The topological polar surface area (TPSA) is 70.5 Å². The Morgan fingerprint density at radius 1 is 1.07 bits per heavy atom. The van der Waals surface area contributed by atoms with Crippen molar-refractivity contribution in [3.8, 4) is 0 Å². The van der Waals surface area contributed by atoms with Crippen LogP contribution >= 0.6 is 0 Å². The van der Waals surface area contributed by atoms with Crippen LogP contribution in [0.2, 0.25) is 0 Å². The molecule has 0 spiro atoms. The van der Waals surface area contributed by atoms with Gasteiger partial charge in [-0.1, -0.05) is 43.2 Å². The van der Waals surface area contributed by atoms with Crippen LogP contribution in [-0.2, 0) is 16.0 Å². The summed E-state index contributed by atoms with van der Waals surface area (Å²) in [7, 11) is 0. The Hall–Kier alpha value is -2.95. The zero-order valence-electron chi connectivity index (χ0n) is 15.8. The van der Waals surface area contributed by atoms with Crippen LogP contribution in [0.3, 0.4) is 0 Å². The van der Waals surface area contributed by atoms with Crippen molar-refractivity contribution in [3.63, 3.8) is 0 Å². The van der Waals surface area contributed by atoms with Gasteiger partial charge in [0.25, 0.3) is 5.91 Å². The van der Waals surface area contributed by atoms with Crippen LogP contribution in [0.25, 0.3) is 0 Å². The molecule has 144 valence electrons. The van der Waals surface area contributed by atoms with Crippen LogP contribution in [0.15, 0.2) is 66.2 Å². The molecule has 0 saturated heterocycles. The highest BCUT2D eigenvalue weighted by Gasteiger charge is 2.46. The fraction of sp³-hybridized carbons (Fsp3) is 0.348. The fourth-order valence-corrected chi connectivity index (χ4v) is 4.38. The molecule has 28 heavy (non-hydrogen) atoms. The molecule has 0 bridgehead atoms. The summed E-state index contributed by atoms with van der Waals surface area (Å²) in [5.74, 6) is -0.972. The average Bonchev–Trinajstić information content (AvgIpc) is 3.35. The predicted molar refractivity (Wildman–Crippen MR) is 106 cm³/mol. The summed E-state index contributed by atoms with van der Waals surface area (Å²) < 4.78 is 0. The number of rotatable bonds is 6. The van der Waals surface area contributed by atoms with E-state index in [0.29, 0.717) is 6.42 Å². The van der Waals surface area contributed by atoms with Crippen molar-refractivity contribution in [2.24, 2.45) is 0 Å². The third-order valence-corrected chi connectivity index (χ3v) is 5.77. The minimum atomic E-state index is -0.526. The van der Waals surface area contributed by atoms with Crippen molar-refractivity contribution in [1.29, 1.82) is 0 Å². The number of nitrogens with zero attached hydrogens (tertiary/aromatic N) is 2. The predicted octanol–water partition coefficient (Wildman–Crippen LogP) is 3.92. The molecule has 5 nitrogen and oxygen atoms in total. The Kier molecular flexibility index (Phi) is 5.24. The Bertz CT molecular complexity index is 887. The molecule has 1 fully saturated rings. The lowest BCUT2D eigenvalue weighted by Crippen LogP contribution is -2.38. The lowest BCUT2D eigenvalue weighted by atomic mass is 9.93. The first-order valence-corrected chi connectivity index (χ1v) is 9.89. The maximum Gasteiger partial charge on any atom is 0.290 e. The van der Waals surface area contributed by atoms with Gasteiger partial charge in [0.1, 0.15) is 0 Å². The molecule has 1 atom stereocenters. The van der Waals surface area contributed by atoms with Crippen molar-refractivity contribution in [1.82, 2.24) is 9.88 Å². The van der Waals surface area contributed by atoms with E-state index in [1.807, 2.05) is 42.5 Å². The standard InChI is InChI=1S/C23H24N2O3/c26-19(11-10-16-6-2-1-3-7-16)20-21(17-12-14-24-15-13-17)25(23(28)22(20)27)18-8-4-5-9-18/h1-3,6-7,12-15,18,21,27H,4-5,8-11H2. The first-order chi connectivity index (χ1) is 13.7. The molecule has 5 heteroatoms. The molecule has 1 amide bonds. The smallest absolute Gasteiger partial charge is 0.290 e. The molecule has 1 aromatic heterocycles. The summed E-state index contributed by atoms with van der Waals surface area (Å²) in [4.78, 5) is 31.8. The number of benzene rings is 1. The molecule has 1 N–H and O–H groups in total. The quantitative estimate of drug-likeness (QED) is 0.829. The minimum Gasteiger partial charge on any atom is -0.503 e. The van der Waals surface area contributed by atoms with E-state index in [2.05, 4.69) is 4.98 Å². The number of aromatic nitrogens is 1. The Balaban J connectivity index is 1.64. The maximum absolute atomic E-state index is 13.1. The number of ketones is 1. The van der Waals surface area contributed by atoms with E-state index in [9.17, 15) is 14.7 Å². The van der Waals surface area contributed by atoms with Gasteiger partial charge in [-0.2, -0.15) is 0 Å². The van der Waals surface area contributed by atoms with Crippen molar-refractivity contribution in [2.45, 2.75) is 50.6 Å². The number of aliphatic hydroxyl groups is 1.